The summed E-state index contributed by atoms with van der Waals surface area (Å²) < 4.78 is 10.8. The van der Waals surface area contributed by atoms with Gasteiger partial charge in [-0.25, -0.2) is 0 Å². The zero-order chi connectivity index (χ0) is 33.3. The van der Waals surface area contributed by atoms with E-state index in [1.165, 1.54) is 37.7 Å². The van der Waals surface area contributed by atoms with E-state index in [1.807, 2.05) is 0 Å². The van der Waals surface area contributed by atoms with Crippen LogP contribution in [0.1, 0.15) is 50.7 Å². The zero-order valence-corrected chi connectivity index (χ0v) is 31.0. The molecular formula is C44H42GeN2O. The molecule has 0 amide bonds. The topological polar surface area (TPSA) is 31.0 Å². The third-order valence-corrected chi connectivity index (χ3v) is 14.2. The van der Waals surface area contributed by atoms with Crippen molar-refractivity contribution in [3.63, 3.8) is 0 Å². The van der Waals surface area contributed by atoms with Crippen LogP contribution in [0, 0.1) is 0 Å². The Morgan fingerprint density at radius 2 is 1.25 bits per heavy atom. The molecule has 4 heteroatoms. The first-order chi connectivity index (χ1) is 23.1. The van der Waals surface area contributed by atoms with E-state index in [1.54, 1.807) is 0 Å². The fraction of sp³-hybridized carbons (Fsp3) is 0.205. The number of hydrogen-bond acceptors (Lipinski definition) is 2. The Morgan fingerprint density at radius 3 is 1.96 bits per heavy atom. The minimum atomic E-state index is -1.91. The minimum absolute atomic E-state index is 0.295. The van der Waals surface area contributed by atoms with E-state index in [-0.39, 0.29) is 0 Å². The van der Waals surface area contributed by atoms with E-state index in [2.05, 4.69) is 165 Å². The van der Waals surface area contributed by atoms with Crippen molar-refractivity contribution in [1.82, 2.24) is 9.55 Å². The molecule has 0 aliphatic carbocycles. The molecule has 238 valence electrons. The fourth-order valence-corrected chi connectivity index (χ4v) is 9.73. The van der Waals surface area contributed by atoms with E-state index in [4.69, 9.17) is 9.40 Å². The molecule has 48 heavy (non-hydrogen) atoms. The van der Waals surface area contributed by atoms with E-state index >= 15 is 0 Å². The number of fused-ring (bicyclic) bond motifs is 6. The summed E-state index contributed by atoms with van der Waals surface area (Å²) >= 11 is -1.91. The number of para-hydroxylation sites is 3. The molecule has 0 fully saturated rings. The Hall–Kier alpha value is -4.61. The second-order valence-electron chi connectivity index (χ2n) is 14.8. The van der Waals surface area contributed by atoms with Gasteiger partial charge in [0.05, 0.1) is 0 Å². The van der Waals surface area contributed by atoms with Crippen molar-refractivity contribution in [3.05, 3.63) is 126 Å². The van der Waals surface area contributed by atoms with Gasteiger partial charge in [0, 0.05) is 16.2 Å². The molecule has 0 atom stereocenters. The van der Waals surface area contributed by atoms with Crippen LogP contribution in [-0.4, -0.2) is 22.8 Å². The summed E-state index contributed by atoms with van der Waals surface area (Å²) in [7, 11) is 0. The molecule has 0 spiro atoms. The average Bonchev–Trinajstić information content (AvgIpc) is 3.66. The molecule has 2 heterocycles. The standard InChI is InChI=1S/C44H42GeN2O/c1-27(2)37-25-31(29-19-22-32(23-20-29)45(5,6)7)26-38(28(3)4)41(37)47-40-18-11-10-17-39(40)46-44(47)36-16-12-15-34-35-24-21-30-13-8-9-14-33(30)42(35)48-43(34)36/h8-28H,1-7H3. The number of hydrogen-bond donors (Lipinski definition) is 0. The monoisotopic (exact) mass is 688 g/mol. The first-order valence-electron chi connectivity index (χ1n) is 17.2. The second-order valence-corrected chi connectivity index (χ2v) is 25.5. The molecule has 0 N–H and O–H groups in total. The summed E-state index contributed by atoms with van der Waals surface area (Å²) in [5.41, 5.74) is 11.3. The molecule has 6 aromatic carbocycles. The quantitative estimate of drug-likeness (QED) is 0.163. The normalized spacial score (nSPS) is 12.4. The van der Waals surface area contributed by atoms with Gasteiger partial charge in [0.1, 0.15) is 5.58 Å². The summed E-state index contributed by atoms with van der Waals surface area (Å²) in [6.45, 7) is 9.25. The molecule has 0 saturated heterocycles. The Bertz CT molecular complexity index is 2460. The molecule has 0 saturated carbocycles. The molecule has 0 aliphatic heterocycles. The summed E-state index contributed by atoms with van der Waals surface area (Å²) in [5, 5.41) is 4.55. The van der Waals surface area contributed by atoms with E-state index in [0.29, 0.717) is 11.8 Å². The van der Waals surface area contributed by atoms with Crippen LogP contribution in [-0.2, 0) is 0 Å². The first kappa shape index (κ1) is 30.7. The number of nitrogens with zero attached hydrogens (tertiary/aromatic N) is 2. The van der Waals surface area contributed by atoms with Gasteiger partial charge in [0.15, 0.2) is 0 Å². The predicted molar refractivity (Wildman–Crippen MR) is 208 cm³/mol. The van der Waals surface area contributed by atoms with Crippen LogP contribution in [0.25, 0.3) is 71.9 Å². The van der Waals surface area contributed by atoms with Gasteiger partial charge in [-0.15, -0.1) is 0 Å². The van der Waals surface area contributed by atoms with Crippen molar-refractivity contribution in [2.24, 2.45) is 0 Å². The van der Waals surface area contributed by atoms with Crippen molar-refractivity contribution in [3.8, 4) is 28.2 Å². The van der Waals surface area contributed by atoms with Gasteiger partial charge in [0.25, 0.3) is 0 Å². The molecule has 8 aromatic rings. The van der Waals surface area contributed by atoms with Gasteiger partial charge in [-0.05, 0) is 11.5 Å². The number of imidazole rings is 1. The number of rotatable bonds is 6. The summed E-state index contributed by atoms with van der Waals surface area (Å²) in [5.74, 6) is 8.87. The molecule has 0 bridgehead atoms. The van der Waals surface area contributed by atoms with Crippen LogP contribution in [0.2, 0.25) is 17.3 Å². The van der Waals surface area contributed by atoms with Crippen LogP contribution >= 0.6 is 0 Å². The Labute approximate surface area is 285 Å². The van der Waals surface area contributed by atoms with E-state index < -0.39 is 13.3 Å². The number of aromatic nitrogens is 2. The zero-order valence-electron chi connectivity index (χ0n) is 28.9. The second kappa shape index (κ2) is 11.5. The molecule has 3 nitrogen and oxygen atoms in total. The van der Waals surface area contributed by atoms with Crippen LogP contribution in [0.3, 0.4) is 0 Å². The fourth-order valence-electron chi connectivity index (χ4n) is 7.28. The molecular weight excluding hydrogens is 645 g/mol. The van der Waals surface area contributed by atoms with Crippen molar-refractivity contribution in [2.75, 3.05) is 0 Å². The van der Waals surface area contributed by atoms with E-state index in [0.717, 1.165) is 49.7 Å². The Kier molecular flexibility index (Phi) is 7.37. The Morgan fingerprint density at radius 1 is 0.604 bits per heavy atom. The first-order valence-corrected chi connectivity index (χ1v) is 24.5. The van der Waals surface area contributed by atoms with E-state index in [9.17, 15) is 0 Å². The van der Waals surface area contributed by atoms with Gasteiger partial charge in [-0.3, -0.25) is 0 Å². The molecule has 2 aromatic heterocycles. The summed E-state index contributed by atoms with van der Waals surface area (Å²) in [6.07, 6.45) is 0. The van der Waals surface area contributed by atoms with Crippen LogP contribution in [0.4, 0.5) is 0 Å². The summed E-state index contributed by atoms with van der Waals surface area (Å²) in [6, 6.07) is 42.1. The molecule has 0 unspecified atom stereocenters. The van der Waals surface area contributed by atoms with Crippen molar-refractivity contribution >= 4 is 61.4 Å². The van der Waals surface area contributed by atoms with Gasteiger partial charge >= 0.3 is 201 Å². The van der Waals surface area contributed by atoms with Gasteiger partial charge in [0.2, 0.25) is 0 Å². The maximum absolute atomic E-state index is 6.85. The molecule has 0 radical (unpaired) electrons. The summed E-state index contributed by atoms with van der Waals surface area (Å²) in [4.78, 5) is 5.36. The maximum atomic E-state index is 6.85. The predicted octanol–water partition coefficient (Wildman–Crippen LogP) is 12.2. The number of furan rings is 1. The third-order valence-electron chi connectivity index (χ3n) is 9.91. The average molecular weight is 687 g/mol. The Balaban J connectivity index is 1.42. The third kappa shape index (κ3) is 4.99. The van der Waals surface area contributed by atoms with Crippen LogP contribution in [0.15, 0.2) is 120 Å². The van der Waals surface area contributed by atoms with Gasteiger partial charge in [-0.2, -0.15) is 0 Å². The van der Waals surface area contributed by atoms with Gasteiger partial charge in [-0.1, -0.05) is 48.5 Å². The van der Waals surface area contributed by atoms with Crippen molar-refractivity contribution in [1.29, 1.82) is 0 Å². The van der Waals surface area contributed by atoms with Crippen molar-refractivity contribution in [2.45, 2.75) is 56.8 Å². The molecule has 0 aliphatic rings. The van der Waals surface area contributed by atoms with Gasteiger partial charge < -0.3 is 4.42 Å². The van der Waals surface area contributed by atoms with Crippen LogP contribution in [0.5, 0.6) is 0 Å². The number of benzene rings is 6. The van der Waals surface area contributed by atoms with Crippen molar-refractivity contribution < 1.29 is 4.42 Å². The van der Waals surface area contributed by atoms with Crippen LogP contribution < -0.4 is 4.40 Å². The molecule has 8 rings (SSSR count). The SMILES string of the molecule is CC(C)c1cc(-c2cc[c]([Ge]([CH3])([CH3])[CH3])cc2)cc(C(C)C)c1-n1c(-c2cccc3c2oc2c4ccccc4ccc32)nc2ccccc21.